The summed E-state index contributed by atoms with van der Waals surface area (Å²) in [6.07, 6.45) is 33.1. The Hall–Kier alpha value is -3.86. The molecule has 1 heteroatoms. The Balaban J connectivity index is 1.48. The maximum Gasteiger partial charge on any atom is 0.0367 e. The predicted octanol–water partition coefficient (Wildman–Crippen LogP) is 13.1. The number of nitrogens with zero attached hydrogens (tertiary/aromatic N) is 1. The maximum atomic E-state index is 5.45. The van der Waals surface area contributed by atoms with Crippen LogP contribution in [0.25, 0.3) is 0 Å². The van der Waals surface area contributed by atoms with Crippen LogP contribution in [-0.2, 0) is 0 Å². The third-order valence-electron chi connectivity index (χ3n) is 9.43. The van der Waals surface area contributed by atoms with Crippen molar-refractivity contribution in [3.8, 4) is 36.0 Å². The fourth-order valence-electron chi connectivity index (χ4n) is 6.28. The van der Waals surface area contributed by atoms with Crippen LogP contribution in [-0.4, -0.2) is 13.1 Å². The van der Waals surface area contributed by atoms with E-state index in [1.165, 1.54) is 134 Å². The molecular formula is C48H63N. The lowest BCUT2D eigenvalue weighted by Crippen LogP contribution is -2.25. The van der Waals surface area contributed by atoms with Gasteiger partial charge in [-0.15, -0.1) is 6.42 Å². The van der Waals surface area contributed by atoms with Crippen LogP contribution in [0.5, 0.6) is 0 Å². The first-order valence-corrected chi connectivity index (χ1v) is 19.8. The van der Waals surface area contributed by atoms with Gasteiger partial charge in [0.25, 0.3) is 0 Å². The summed E-state index contributed by atoms with van der Waals surface area (Å²) < 4.78 is 0. The molecule has 49 heavy (non-hydrogen) atoms. The van der Waals surface area contributed by atoms with Crippen molar-refractivity contribution in [2.75, 3.05) is 18.0 Å². The average molecular weight is 654 g/mol. The molecule has 0 aliphatic carbocycles. The van der Waals surface area contributed by atoms with E-state index in [-0.39, 0.29) is 0 Å². The van der Waals surface area contributed by atoms with Gasteiger partial charge in [-0.2, -0.15) is 0 Å². The molecule has 0 heterocycles. The minimum absolute atomic E-state index is 0.870. The van der Waals surface area contributed by atoms with Crippen molar-refractivity contribution in [1.82, 2.24) is 0 Å². The Kier molecular flexibility index (Phi) is 21.1. The molecule has 3 rings (SSSR count). The summed E-state index contributed by atoms with van der Waals surface area (Å²) >= 11 is 0. The molecular weight excluding hydrogens is 591 g/mol. The van der Waals surface area contributed by atoms with Crippen LogP contribution >= 0.6 is 0 Å². The van der Waals surface area contributed by atoms with Gasteiger partial charge in [0.2, 0.25) is 0 Å². The number of terminal acetylenes is 1. The van der Waals surface area contributed by atoms with E-state index in [9.17, 15) is 0 Å². The van der Waals surface area contributed by atoms with Crippen molar-refractivity contribution < 1.29 is 0 Å². The fourth-order valence-corrected chi connectivity index (χ4v) is 6.28. The second-order valence-electron chi connectivity index (χ2n) is 13.7. The largest absolute Gasteiger partial charge is 0.372 e. The minimum Gasteiger partial charge on any atom is -0.372 e. The minimum atomic E-state index is 0.870. The van der Waals surface area contributed by atoms with Crippen molar-refractivity contribution in [3.05, 3.63) is 101 Å². The molecule has 0 fully saturated rings. The summed E-state index contributed by atoms with van der Waals surface area (Å²) in [7, 11) is 0. The number of rotatable bonds is 23. The van der Waals surface area contributed by atoms with Gasteiger partial charge in [0.15, 0.2) is 0 Å². The Bertz CT molecular complexity index is 1410. The van der Waals surface area contributed by atoms with Crippen LogP contribution in [0.3, 0.4) is 0 Å². The molecule has 0 unspecified atom stereocenters. The lowest BCUT2D eigenvalue weighted by atomic mass is 10.1. The van der Waals surface area contributed by atoms with Crippen molar-refractivity contribution in [2.24, 2.45) is 0 Å². The third kappa shape index (κ3) is 17.9. The van der Waals surface area contributed by atoms with Gasteiger partial charge < -0.3 is 4.90 Å². The SMILES string of the molecule is C#Cc1ccc(C#Cc2ccc(C#Cc3ccc(N(CCCCCCCCCCCC)CCCCCCCCCCCC)cc3)cc2)cc1. The van der Waals surface area contributed by atoms with E-state index in [1.807, 2.05) is 48.5 Å². The van der Waals surface area contributed by atoms with E-state index in [0.29, 0.717) is 0 Å². The van der Waals surface area contributed by atoms with E-state index < -0.39 is 0 Å². The third-order valence-corrected chi connectivity index (χ3v) is 9.43. The highest BCUT2D eigenvalue weighted by molar-refractivity contribution is 5.53. The Morgan fingerprint density at radius 1 is 0.367 bits per heavy atom. The van der Waals surface area contributed by atoms with Crippen LogP contribution < -0.4 is 4.90 Å². The maximum absolute atomic E-state index is 5.45. The number of anilines is 1. The topological polar surface area (TPSA) is 3.24 Å². The van der Waals surface area contributed by atoms with Crippen molar-refractivity contribution in [3.63, 3.8) is 0 Å². The quantitative estimate of drug-likeness (QED) is 0.0727. The first-order chi connectivity index (χ1) is 24.2. The van der Waals surface area contributed by atoms with Crippen LogP contribution in [0.1, 0.15) is 170 Å². The standard InChI is InChI=1S/C48H63N/c1-4-7-9-11-13-15-17-19-21-23-41-49(42-24-22-20-18-16-14-12-10-8-5-2)48-39-37-47(38-40-48)36-35-46-33-31-45(32-34-46)30-29-44-27-25-43(6-3)26-28-44/h3,25-28,31-34,37-40H,4-5,7-24,41-42H2,1-2H3. The fraction of sp³-hybridized carbons (Fsp3) is 0.500. The molecule has 0 bridgehead atoms. The zero-order valence-corrected chi connectivity index (χ0v) is 31.0. The second kappa shape index (κ2) is 26.1. The highest BCUT2D eigenvalue weighted by atomic mass is 15.1. The first-order valence-electron chi connectivity index (χ1n) is 19.8. The van der Waals surface area contributed by atoms with Crippen molar-refractivity contribution >= 4 is 5.69 Å². The van der Waals surface area contributed by atoms with Gasteiger partial charge in [-0.25, -0.2) is 0 Å². The predicted molar refractivity (Wildman–Crippen MR) is 215 cm³/mol. The van der Waals surface area contributed by atoms with Crippen molar-refractivity contribution in [2.45, 2.75) is 142 Å². The molecule has 3 aromatic rings. The summed E-state index contributed by atoms with van der Waals surface area (Å²) in [6, 6.07) is 24.9. The van der Waals surface area contributed by atoms with E-state index >= 15 is 0 Å². The highest BCUT2D eigenvalue weighted by Crippen LogP contribution is 2.19. The Labute approximate surface area is 301 Å². The lowest BCUT2D eigenvalue weighted by Gasteiger charge is -2.25. The normalized spacial score (nSPS) is 10.5. The van der Waals surface area contributed by atoms with Crippen LogP contribution in [0.15, 0.2) is 72.8 Å². The molecule has 0 amide bonds. The zero-order valence-electron chi connectivity index (χ0n) is 31.0. The summed E-state index contributed by atoms with van der Waals surface area (Å²) in [5, 5.41) is 0. The van der Waals surface area contributed by atoms with Gasteiger partial charge in [-0.3, -0.25) is 0 Å². The number of benzene rings is 3. The van der Waals surface area contributed by atoms with Gasteiger partial charge >= 0.3 is 0 Å². The molecule has 0 spiro atoms. The van der Waals surface area contributed by atoms with Gasteiger partial charge in [-0.1, -0.05) is 159 Å². The van der Waals surface area contributed by atoms with E-state index in [2.05, 4.69) is 72.6 Å². The number of unbranched alkanes of at least 4 members (excludes halogenated alkanes) is 18. The van der Waals surface area contributed by atoms with Gasteiger partial charge in [0, 0.05) is 46.6 Å². The molecule has 0 aromatic heterocycles. The smallest absolute Gasteiger partial charge is 0.0367 e. The van der Waals surface area contributed by atoms with Crippen LogP contribution in [0.2, 0.25) is 0 Å². The second-order valence-corrected chi connectivity index (χ2v) is 13.7. The molecule has 0 saturated carbocycles. The molecule has 3 aromatic carbocycles. The molecule has 0 saturated heterocycles. The summed E-state index contributed by atoms with van der Waals surface area (Å²) in [4.78, 5) is 2.63. The number of hydrogen-bond acceptors (Lipinski definition) is 1. The van der Waals surface area contributed by atoms with Gasteiger partial charge in [-0.05, 0) is 85.6 Å². The molecule has 0 aliphatic rings. The summed E-state index contributed by atoms with van der Waals surface area (Å²) in [6.45, 7) is 6.91. The average Bonchev–Trinajstić information content (AvgIpc) is 3.14. The highest BCUT2D eigenvalue weighted by Gasteiger charge is 2.07. The van der Waals surface area contributed by atoms with Gasteiger partial charge in [0.05, 0.1) is 0 Å². The van der Waals surface area contributed by atoms with Crippen LogP contribution in [0, 0.1) is 36.0 Å². The first kappa shape index (κ1) is 39.6. The zero-order chi connectivity index (χ0) is 34.6. The molecule has 0 N–H and O–H groups in total. The monoisotopic (exact) mass is 653 g/mol. The van der Waals surface area contributed by atoms with Crippen molar-refractivity contribution in [1.29, 1.82) is 0 Å². The van der Waals surface area contributed by atoms with Gasteiger partial charge in [0.1, 0.15) is 0 Å². The molecule has 1 nitrogen and oxygen atoms in total. The summed E-state index contributed by atoms with van der Waals surface area (Å²) in [5.41, 5.74) is 6.19. The Morgan fingerprint density at radius 2 is 0.633 bits per heavy atom. The Morgan fingerprint density at radius 3 is 0.939 bits per heavy atom. The molecule has 0 radical (unpaired) electrons. The van der Waals surface area contributed by atoms with Crippen LogP contribution in [0.4, 0.5) is 5.69 Å². The van der Waals surface area contributed by atoms with E-state index in [4.69, 9.17) is 6.42 Å². The van der Waals surface area contributed by atoms with E-state index in [0.717, 1.165) is 40.9 Å². The van der Waals surface area contributed by atoms with E-state index in [1.54, 1.807) is 0 Å². The lowest BCUT2D eigenvalue weighted by molar-refractivity contribution is 0.543. The molecule has 0 atom stereocenters. The summed E-state index contributed by atoms with van der Waals surface area (Å²) in [5.74, 6) is 15.8. The molecule has 260 valence electrons. The number of hydrogen-bond donors (Lipinski definition) is 0. The molecule has 0 aliphatic heterocycles.